The number of carbonyl (C=O) groups excluding carboxylic acids is 1. The van der Waals surface area contributed by atoms with Gasteiger partial charge in [0.2, 0.25) is 0 Å². The standard InChI is InChI=1S/C16H9BrN2O3S2/c17-11-2-1-3-13(9-11)18-15(20)14(24-16(18)23)8-10-4-6-12(7-5-10)19(21)22/h1-9H/b14-8-. The Kier molecular flexibility index (Phi) is 4.79. The quantitative estimate of drug-likeness (QED) is 0.309. The van der Waals surface area contributed by atoms with Crippen molar-refractivity contribution >= 4 is 67.6 Å². The molecule has 1 heterocycles. The first-order valence-electron chi connectivity index (χ1n) is 6.74. The largest absolute Gasteiger partial charge is 0.270 e. The molecule has 1 aliphatic heterocycles. The Hall–Kier alpha value is -2.03. The van der Waals surface area contributed by atoms with E-state index < -0.39 is 4.92 Å². The Morgan fingerprint density at radius 3 is 2.54 bits per heavy atom. The van der Waals surface area contributed by atoms with E-state index in [0.717, 1.165) is 4.47 Å². The Bertz CT molecular complexity index is 881. The second kappa shape index (κ2) is 6.84. The van der Waals surface area contributed by atoms with Gasteiger partial charge in [-0.2, -0.15) is 0 Å². The van der Waals surface area contributed by atoms with E-state index in [1.165, 1.54) is 28.8 Å². The Morgan fingerprint density at radius 1 is 1.21 bits per heavy atom. The van der Waals surface area contributed by atoms with E-state index in [2.05, 4.69) is 15.9 Å². The van der Waals surface area contributed by atoms with Gasteiger partial charge in [0.15, 0.2) is 4.32 Å². The summed E-state index contributed by atoms with van der Waals surface area (Å²) in [5.74, 6) is -0.207. The summed E-state index contributed by atoms with van der Waals surface area (Å²) in [5, 5.41) is 10.7. The predicted octanol–water partition coefficient (Wildman–Crippen LogP) is 4.76. The van der Waals surface area contributed by atoms with Gasteiger partial charge in [0.05, 0.1) is 15.5 Å². The Balaban J connectivity index is 1.89. The summed E-state index contributed by atoms with van der Waals surface area (Å²) in [5.41, 5.74) is 1.41. The van der Waals surface area contributed by atoms with Crippen LogP contribution in [0.15, 0.2) is 57.9 Å². The minimum Gasteiger partial charge on any atom is -0.268 e. The first-order chi connectivity index (χ1) is 11.5. The van der Waals surface area contributed by atoms with E-state index in [-0.39, 0.29) is 11.6 Å². The van der Waals surface area contributed by atoms with Crippen LogP contribution in [0.1, 0.15) is 5.56 Å². The highest BCUT2D eigenvalue weighted by atomic mass is 79.9. The first kappa shape index (κ1) is 16.8. The molecule has 1 fully saturated rings. The van der Waals surface area contributed by atoms with Crippen LogP contribution in [0.5, 0.6) is 0 Å². The number of non-ortho nitro benzene ring substituents is 1. The van der Waals surface area contributed by atoms with Gasteiger partial charge in [-0.3, -0.25) is 19.8 Å². The highest BCUT2D eigenvalue weighted by molar-refractivity contribution is 9.10. The van der Waals surface area contributed by atoms with Crippen molar-refractivity contribution in [2.24, 2.45) is 0 Å². The van der Waals surface area contributed by atoms with Crippen LogP contribution in [-0.4, -0.2) is 15.2 Å². The molecule has 0 aromatic heterocycles. The lowest BCUT2D eigenvalue weighted by Crippen LogP contribution is -2.27. The summed E-state index contributed by atoms with van der Waals surface area (Å²) in [7, 11) is 0. The van der Waals surface area contributed by atoms with Gasteiger partial charge in [0.1, 0.15) is 0 Å². The molecule has 0 N–H and O–H groups in total. The number of nitro benzene ring substituents is 1. The minimum absolute atomic E-state index is 0.00818. The molecular weight excluding hydrogens is 412 g/mol. The van der Waals surface area contributed by atoms with E-state index in [1.54, 1.807) is 18.2 Å². The fourth-order valence-corrected chi connectivity index (χ4v) is 3.84. The molecule has 1 amide bonds. The third-order valence-electron chi connectivity index (χ3n) is 3.26. The fourth-order valence-electron chi connectivity index (χ4n) is 2.15. The van der Waals surface area contributed by atoms with Crippen LogP contribution in [0.25, 0.3) is 6.08 Å². The SMILES string of the molecule is O=C1/C(=C/c2ccc([N+](=O)[O-])cc2)SC(=S)N1c1cccc(Br)c1. The summed E-state index contributed by atoms with van der Waals surface area (Å²) < 4.78 is 1.31. The van der Waals surface area contributed by atoms with Crippen molar-refractivity contribution in [3.63, 3.8) is 0 Å². The smallest absolute Gasteiger partial charge is 0.268 e. The number of thiocarbonyl (C=S) groups is 1. The maximum atomic E-state index is 12.6. The number of hydrogen-bond donors (Lipinski definition) is 0. The van der Waals surface area contributed by atoms with Crippen molar-refractivity contribution in [2.75, 3.05) is 4.90 Å². The maximum Gasteiger partial charge on any atom is 0.270 e. The van der Waals surface area contributed by atoms with Gasteiger partial charge in [-0.05, 0) is 42.0 Å². The molecule has 0 atom stereocenters. The molecule has 1 aliphatic rings. The van der Waals surface area contributed by atoms with E-state index in [0.29, 0.717) is 20.5 Å². The van der Waals surface area contributed by atoms with Gasteiger partial charge in [-0.1, -0.05) is 46.0 Å². The molecule has 0 aliphatic carbocycles. The number of hydrogen-bond acceptors (Lipinski definition) is 5. The second-order valence-corrected chi connectivity index (χ2v) is 7.44. The number of anilines is 1. The number of nitrogens with zero attached hydrogens (tertiary/aromatic N) is 2. The summed E-state index contributed by atoms with van der Waals surface area (Å²) in [6.45, 7) is 0. The van der Waals surface area contributed by atoms with Crippen molar-refractivity contribution in [1.29, 1.82) is 0 Å². The van der Waals surface area contributed by atoms with Gasteiger partial charge in [-0.25, -0.2) is 0 Å². The van der Waals surface area contributed by atoms with Crippen molar-refractivity contribution in [3.05, 3.63) is 73.6 Å². The number of thioether (sulfide) groups is 1. The molecule has 3 rings (SSSR count). The molecular formula is C16H9BrN2O3S2. The third-order valence-corrected chi connectivity index (χ3v) is 5.06. The highest BCUT2D eigenvalue weighted by Crippen LogP contribution is 2.36. The molecule has 24 heavy (non-hydrogen) atoms. The van der Waals surface area contributed by atoms with Crippen LogP contribution < -0.4 is 4.90 Å². The summed E-state index contributed by atoms with van der Waals surface area (Å²) >= 11 is 9.90. The van der Waals surface area contributed by atoms with E-state index in [4.69, 9.17) is 12.2 Å². The number of amides is 1. The molecule has 5 nitrogen and oxygen atoms in total. The molecule has 0 radical (unpaired) electrons. The van der Waals surface area contributed by atoms with Gasteiger partial charge in [0.25, 0.3) is 11.6 Å². The van der Waals surface area contributed by atoms with E-state index >= 15 is 0 Å². The summed E-state index contributed by atoms with van der Waals surface area (Å²) in [4.78, 5) is 24.8. The lowest BCUT2D eigenvalue weighted by molar-refractivity contribution is -0.384. The zero-order valence-corrected chi connectivity index (χ0v) is 15.2. The van der Waals surface area contributed by atoms with Gasteiger partial charge >= 0.3 is 0 Å². The predicted molar refractivity (Wildman–Crippen MR) is 103 cm³/mol. The molecule has 0 unspecified atom stereocenters. The van der Waals surface area contributed by atoms with Crippen molar-refractivity contribution in [2.45, 2.75) is 0 Å². The molecule has 2 aromatic rings. The fraction of sp³-hybridized carbons (Fsp3) is 0. The van der Waals surface area contributed by atoms with Gasteiger partial charge in [0, 0.05) is 16.6 Å². The van der Waals surface area contributed by atoms with Crippen LogP contribution in [0.2, 0.25) is 0 Å². The number of rotatable bonds is 3. The van der Waals surface area contributed by atoms with Crippen LogP contribution in [-0.2, 0) is 4.79 Å². The molecule has 0 spiro atoms. The van der Waals surface area contributed by atoms with E-state index in [1.807, 2.05) is 24.3 Å². The lowest BCUT2D eigenvalue weighted by Gasteiger charge is -2.14. The van der Waals surface area contributed by atoms with Crippen LogP contribution >= 0.6 is 39.9 Å². The number of nitro groups is 1. The zero-order valence-electron chi connectivity index (χ0n) is 12.0. The van der Waals surface area contributed by atoms with Crippen LogP contribution in [0.4, 0.5) is 11.4 Å². The number of halogens is 1. The summed E-state index contributed by atoms with van der Waals surface area (Å²) in [6.07, 6.45) is 1.68. The van der Waals surface area contributed by atoms with Crippen molar-refractivity contribution < 1.29 is 9.72 Å². The van der Waals surface area contributed by atoms with Crippen molar-refractivity contribution in [3.8, 4) is 0 Å². The second-order valence-electron chi connectivity index (χ2n) is 4.85. The molecule has 0 bridgehead atoms. The van der Waals surface area contributed by atoms with Crippen LogP contribution in [0, 0.1) is 10.1 Å². The molecule has 0 saturated carbocycles. The average molecular weight is 421 g/mol. The molecule has 1 saturated heterocycles. The first-order valence-corrected chi connectivity index (χ1v) is 8.75. The monoisotopic (exact) mass is 420 g/mol. The van der Waals surface area contributed by atoms with Gasteiger partial charge < -0.3 is 0 Å². The Labute approximate surface area is 155 Å². The lowest BCUT2D eigenvalue weighted by atomic mass is 10.2. The van der Waals surface area contributed by atoms with Gasteiger partial charge in [-0.15, -0.1) is 0 Å². The Morgan fingerprint density at radius 2 is 1.92 bits per heavy atom. The highest BCUT2D eigenvalue weighted by Gasteiger charge is 2.33. The summed E-state index contributed by atoms with van der Waals surface area (Å²) in [6, 6.07) is 13.3. The average Bonchev–Trinajstić information content (AvgIpc) is 2.82. The molecule has 2 aromatic carbocycles. The molecule has 120 valence electrons. The number of carbonyl (C=O) groups is 1. The maximum absolute atomic E-state index is 12.6. The van der Waals surface area contributed by atoms with E-state index in [9.17, 15) is 14.9 Å². The topological polar surface area (TPSA) is 63.4 Å². The number of benzene rings is 2. The molecule has 8 heteroatoms. The minimum atomic E-state index is -0.462. The van der Waals surface area contributed by atoms with Crippen molar-refractivity contribution in [1.82, 2.24) is 0 Å². The van der Waals surface area contributed by atoms with Crippen LogP contribution in [0.3, 0.4) is 0 Å². The third kappa shape index (κ3) is 3.40. The normalized spacial score (nSPS) is 16.0. The zero-order chi connectivity index (χ0) is 17.3.